The molecule has 2 aromatic rings. The third kappa shape index (κ3) is 4.49. The highest BCUT2D eigenvalue weighted by atomic mass is 32.2. The van der Waals surface area contributed by atoms with Gasteiger partial charge in [0.05, 0.1) is 18.2 Å². The van der Waals surface area contributed by atoms with Gasteiger partial charge in [-0.05, 0) is 17.7 Å². The van der Waals surface area contributed by atoms with Crippen LogP contribution in [-0.4, -0.2) is 30.5 Å². The van der Waals surface area contributed by atoms with Gasteiger partial charge in [0, 0.05) is 19.4 Å². The van der Waals surface area contributed by atoms with Crippen LogP contribution in [0.25, 0.3) is 0 Å². The summed E-state index contributed by atoms with van der Waals surface area (Å²) in [6.07, 6.45) is 0. The van der Waals surface area contributed by atoms with Crippen molar-refractivity contribution in [3.8, 4) is 6.07 Å². The Kier molecular flexibility index (Phi) is 5.80. The molecule has 0 bridgehead atoms. The lowest BCUT2D eigenvalue weighted by Crippen LogP contribution is -2.06. The largest absolute Gasteiger partial charge is 0.383 e. The average molecular weight is 306 g/mol. The standard InChI is InChI=1S/C13H14N4OS2/c1-18-7-6-15-12-16-17-13(20-12)19-9-11-4-2-10(8-14)3-5-11/h2-5H,6-7,9H2,1H3,(H,15,16). The molecule has 104 valence electrons. The number of nitriles is 1. The first kappa shape index (κ1) is 14.8. The first-order chi connectivity index (χ1) is 9.81. The number of benzene rings is 1. The Balaban J connectivity index is 1.82. The van der Waals surface area contributed by atoms with Crippen LogP contribution in [0.3, 0.4) is 0 Å². The second-order valence-electron chi connectivity index (χ2n) is 3.89. The molecule has 0 aliphatic heterocycles. The smallest absolute Gasteiger partial charge is 0.206 e. The van der Waals surface area contributed by atoms with E-state index < -0.39 is 0 Å². The van der Waals surface area contributed by atoms with E-state index in [2.05, 4.69) is 21.6 Å². The van der Waals surface area contributed by atoms with Gasteiger partial charge in [-0.3, -0.25) is 0 Å². The number of hydrogen-bond acceptors (Lipinski definition) is 7. The molecule has 1 aromatic carbocycles. The van der Waals surface area contributed by atoms with Crippen molar-refractivity contribution in [3.05, 3.63) is 35.4 Å². The number of hydrogen-bond donors (Lipinski definition) is 1. The van der Waals surface area contributed by atoms with E-state index in [9.17, 15) is 0 Å². The molecule has 0 saturated carbocycles. The summed E-state index contributed by atoms with van der Waals surface area (Å²) in [5.74, 6) is 0.818. The van der Waals surface area contributed by atoms with Gasteiger partial charge in [0.25, 0.3) is 0 Å². The molecule has 0 aliphatic rings. The maximum Gasteiger partial charge on any atom is 0.206 e. The summed E-state index contributed by atoms with van der Waals surface area (Å²) < 4.78 is 5.89. The maximum atomic E-state index is 8.74. The zero-order valence-corrected chi connectivity index (χ0v) is 12.6. The van der Waals surface area contributed by atoms with Crippen molar-refractivity contribution in [1.29, 1.82) is 5.26 Å². The van der Waals surface area contributed by atoms with Gasteiger partial charge in [-0.25, -0.2) is 0 Å². The average Bonchev–Trinajstić information content (AvgIpc) is 2.94. The van der Waals surface area contributed by atoms with Crippen molar-refractivity contribution >= 4 is 28.2 Å². The van der Waals surface area contributed by atoms with Crippen LogP contribution in [0.4, 0.5) is 5.13 Å². The molecule has 0 atom stereocenters. The molecule has 1 heterocycles. The molecule has 0 unspecified atom stereocenters. The van der Waals surface area contributed by atoms with Crippen LogP contribution in [0.15, 0.2) is 28.6 Å². The molecule has 0 fully saturated rings. The van der Waals surface area contributed by atoms with E-state index in [0.717, 1.165) is 27.3 Å². The number of ether oxygens (including phenoxy) is 1. The van der Waals surface area contributed by atoms with Crippen LogP contribution in [0.5, 0.6) is 0 Å². The highest BCUT2D eigenvalue weighted by Crippen LogP contribution is 2.28. The number of nitrogens with one attached hydrogen (secondary N) is 1. The van der Waals surface area contributed by atoms with E-state index in [1.807, 2.05) is 24.3 Å². The minimum Gasteiger partial charge on any atom is -0.383 e. The summed E-state index contributed by atoms with van der Waals surface area (Å²) in [4.78, 5) is 0. The quantitative estimate of drug-likeness (QED) is 0.626. The molecular weight excluding hydrogens is 292 g/mol. The molecule has 2 rings (SSSR count). The summed E-state index contributed by atoms with van der Waals surface area (Å²) in [5.41, 5.74) is 1.84. The van der Waals surface area contributed by atoms with Crippen LogP contribution in [0.1, 0.15) is 11.1 Å². The lowest BCUT2D eigenvalue weighted by molar-refractivity contribution is 0.211. The van der Waals surface area contributed by atoms with Crippen LogP contribution < -0.4 is 5.32 Å². The first-order valence-corrected chi connectivity index (χ1v) is 7.80. The van der Waals surface area contributed by atoms with Crippen LogP contribution in [0, 0.1) is 11.3 Å². The monoisotopic (exact) mass is 306 g/mol. The van der Waals surface area contributed by atoms with Crippen molar-refractivity contribution in [2.45, 2.75) is 10.1 Å². The SMILES string of the molecule is COCCNc1nnc(SCc2ccc(C#N)cc2)s1. The summed E-state index contributed by atoms with van der Waals surface area (Å²) >= 11 is 3.17. The zero-order chi connectivity index (χ0) is 14.2. The minimum absolute atomic E-state index is 0.646. The Bertz CT molecular complexity index is 577. The topological polar surface area (TPSA) is 70.8 Å². The molecule has 0 aliphatic carbocycles. The van der Waals surface area contributed by atoms with E-state index in [4.69, 9.17) is 10.00 Å². The number of anilines is 1. The van der Waals surface area contributed by atoms with Crippen molar-refractivity contribution in [1.82, 2.24) is 10.2 Å². The Morgan fingerprint density at radius 3 is 2.85 bits per heavy atom. The van der Waals surface area contributed by atoms with Crippen LogP contribution >= 0.6 is 23.1 Å². The summed E-state index contributed by atoms with van der Waals surface area (Å²) in [7, 11) is 1.67. The Morgan fingerprint density at radius 2 is 2.15 bits per heavy atom. The lowest BCUT2D eigenvalue weighted by Gasteiger charge is -1.99. The van der Waals surface area contributed by atoms with Gasteiger partial charge < -0.3 is 10.1 Å². The molecule has 20 heavy (non-hydrogen) atoms. The molecule has 0 saturated heterocycles. The molecule has 0 spiro atoms. The highest BCUT2D eigenvalue weighted by Gasteiger charge is 2.04. The molecule has 1 aromatic heterocycles. The van der Waals surface area contributed by atoms with Gasteiger partial charge in [-0.15, -0.1) is 10.2 Å². The molecular formula is C13H14N4OS2. The van der Waals surface area contributed by atoms with E-state index in [1.165, 1.54) is 11.3 Å². The number of methoxy groups -OCH3 is 1. The minimum atomic E-state index is 0.646. The van der Waals surface area contributed by atoms with Gasteiger partial charge in [0.1, 0.15) is 0 Å². The second-order valence-corrected chi connectivity index (χ2v) is 6.09. The first-order valence-electron chi connectivity index (χ1n) is 6.00. The van der Waals surface area contributed by atoms with E-state index in [1.54, 1.807) is 18.9 Å². The zero-order valence-electron chi connectivity index (χ0n) is 11.0. The third-order valence-corrected chi connectivity index (χ3v) is 4.52. The molecule has 0 radical (unpaired) electrons. The van der Waals surface area contributed by atoms with E-state index in [0.29, 0.717) is 12.2 Å². The predicted octanol–water partition coefficient (Wildman–Crippen LogP) is 2.76. The Labute approximate surface area is 126 Å². The van der Waals surface area contributed by atoms with E-state index >= 15 is 0 Å². The second kappa shape index (κ2) is 7.85. The normalized spacial score (nSPS) is 10.2. The van der Waals surface area contributed by atoms with Crippen molar-refractivity contribution in [3.63, 3.8) is 0 Å². The van der Waals surface area contributed by atoms with Gasteiger partial charge in [-0.2, -0.15) is 5.26 Å². The highest BCUT2D eigenvalue weighted by molar-refractivity contribution is 8.00. The molecule has 1 N–H and O–H groups in total. The number of nitrogens with zero attached hydrogens (tertiary/aromatic N) is 3. The maximum absolute atomic E-state index is 8.74. The van der Waals surface area contributed by atoms with Crippen molar-refractivity contribution in [2.75, 3.05) is 25.6 Å². The third-order valence-electron chi connectivity index (χ3n) is 2.43. The predicted molar refractivity (Wildman–Crippen MR) is 81.0 cm³/mol. The Hall–Kier alpha value is -1.62. The van der Waals surface area contributed by atoms with Crippen molar-refractivity contribution in [2.24, 2.45) is 0 Å². The van der Waals surface area contributed by atoms with Gasteiger partial charge in [-0.1, -0.05) is 35.2 Å². The summed E-state index contributed by atoms with van der Waals surface area (Å²) in [5, 5.41) is 20.9. The number of thioether (sulfide) groups is 1. The van der Waals surface area contributed by atoms with Crippen LogP contribution in [-0.2, 0) is 10.5 Å². The van der Waals surface area contributed by atoms with Crippen LogP contribution in [0.2, 0.25) is 0 Å². The lowest BCUT2D eigenvalue weighted by atomic mass is 10.2. The summed E-state index contributed by atoms with van der Waals surface area (Å²) in [6.45, 7) is 1.37. The van der Waals surface area contributed by atoms with Crippen molar-refractivity contribution < 1.29 is 4.74 Å². The Morgan fingerprint density at radius 1 is 1.35 bits per heavy atom. The van der Waals surface area contributed by atoms with Gasteiger partial charge in [0.2, 0.25) is 5.13 Å². The van der Waals surface area contributed by atoms with Gasteiger partial charge in [0.15, 0.2) is 4.34 Å². The van der Waals surface area contributed by atoms with Gasteiger partial charge >= 0.3 is 0 Å². The molecule has 0 amide bonds. The fourth-order valence-corrected chi connectivity index (χ4v) is 3.15. The molecule has 5 nitrogen and oxygen atoms in total. The fraction of sp³-hybridized carbons (Fsp3) is 0.308. The van der Waals surface area contributed by atoms with E-state index in [-0.39, 0.29) is 0 Å². The summed E-state index contributed by atoms with van der Waals surface area (Å²) in [6, 6.07) is 9.69. The molecule has 7 heteroatoms. The number of aromatic nitrogens is 2. The number of rotatable bonds is 7. The fourth-order valence-electron chi connectivity index (χ4n) is 1.42.